The first-order valence-electron chi connectivity index (χ1n) is 9.27. The zero-order chi connectivity index (χ0) is 20.6. The molecule has 0 amide bonds. The van der Waals surface area contributed by atoms with Crippen molar-refractivity contribution in [2.75, 3.05) is 5.32 Å². The van der Waals surface area contributed by atoms with E-state index in [9.17, 15) is 23.6 Å². The number of pyridine rings is 1. The highest BCUT2D eigenvalue weighted by Gasteiger charge is 2.33. The van der Waals surface area contributed by atoms with Gasteiger partial charge in [0.25, 0.3) is 10.0 Å². The minimum absolute atomic E-state index is 0.0568. The molecule has 1 aromatic carbocycles. The molecule has 2 heterocycles. The Balaban J connectivity index is 1.87. The van der Waals surface area contributed by atoms with Crippen LogP contribution in [0, 0.1) is 10.1 Å². The van der Waals surface area contributed by atoms with Crippen LogP contribution in [-0.4, -0.2) is 33.1 Å². The van der Waals surface area contributed by atoms with Gasteiger partial charge in [-0.05, 0) is 43.9 Å². The van der Waals surface area contributed by atoms with E-state index in [1.165, 1.54) is 24.4 Å². The predicted octanol–water partition coefficient (Wildman–Crippen LogP) is 3.25. The highest BCUT2D eigenvalue weighted by molar-refractivity contribution is 7.90. The maximum atomic E-state index is 13.0. The number of fused-ring (bicyclic) bond motifs is 1. The van der Waals surface area contributed by atoms with Crippen LogP contribution in [0.2, 0.25) is 0 Å². The van der Waals surface area contributed by atoms with Gasteiger partial charge in [0.1, 0.15) is 17.6 Å². The van der Waals surface area contributed by atoms with Crippen molar-refractivity contribution in [3.63, 3.8) is 0 Å². The van der Waals surface area contributed by atoms with E-state index in [0.29, 0.717) is 12.8 Å². The number of nitro groups is 1. The second-order valence-electron chi connectivity index (χ2n) is 7.16. The van der Waals surface area contributed by atoms with Crippen LogP contribution in [0.25, 0.3) is 11.0 Å². The summed E-state index contributed by atoms with van der Waals surface area (Å²) in [4.78, 5) is 15.1. The van der Waals surface area contributed by atoms with Crippen molar-refractivity contribution in [1.29, 1.82) is 0 Å². The molecule has 2 N–H and O–H groups in total. The van der Waals surface area contributed by atoms with Gasteiger partial charge in [0.15, 0.2) is 5.65 Å². The van der Waals surface area contributed by atoms with Crippen LogP contribution in [0.5, 0.6) is 0 Å². The number of hydrogen-bond donors (Lipinski definition) is 2. The van der Waals surface area contributed by atoms with Crippen LogP contribution in [0.4, 0.5) is 11.4 Å². The fourth-order valence-electron chi connectivity index (χ4n) is 3.72. The van der Waals surface area contributed by atoms with Crippen LogP contribution in [0.3, 0.4) is 0 Å². The maximum absolute atomic E-state index is 13.0. The lowest BCUT2D eigenvalue weighted by atomic mass is 9.91. The first-order chi connectivity index (χ1) is 13.8. The molecular weight excluding hydrogens is 396 g/mol. The molecule has 1 saturated carbocycles. The van der Waals surface area contributed by atoms with E-state index >= 15 is 0 Å². The number of anilines is 1. The average molecular weight is 416 g/mol. The highest BCUT2D eigenvalue weighted by Crippen LogP contribution is 2.38. The van der Waals surface area contributed by atoms with Gasteiger partial charge in [-0.1, -0.05) is 24.6 Å². The van der Waals surface area contributed by atoms with Crippen LogP contribution >= 0.6 is 0 Å². The molecule has 4 rings (SSSR count). The summed E-state index contributed by atoms with van der Waals surface area (Å²) in [6.07, 6.45) is 5.84. The lowest BCUT2D eigenvalue weighted by molar-refractivity contribution is -0.384. The summed E-state index contributed by atoms with van der Waals surface area (Å²) in [6.45, 7) is 0. The van der Waals surface area contributed by atoms with Crippen LogP contribution in [0.15, 0.2) is 53.7 Å². The summed E-state index contributed by atoms with van der Waals surface area (Å²) in [5.74, 6) is 0. The molecule has 29 heavy (non-hydrogen) atoms. The van der Waals surface area contributed by atoms with Gasteiger partial charge in [-0.2, -0.15) is 0 Å². The van der Waals surface area contributed by atoms with Gasteiger partial charge in [0, 0.05) is 6.20 Å². The van der Waals surface area contributed by atoms with Crippen molar-refractivity contribution in [2.24, 2.45) is 0 Å². The number of aromatic nitrogens is 2. The molecule has 152 valence electrons. The van der Waals surface area contributed by atoms with E-state index in [4.69, 9.17) is 0 Å². The largest absolute Gasteiger partial charge is 0.371 e. The van der Waals surface area contributed by atoms with Crippen molar-refractivity contribution in [1.82, 2.24) is 8.96 Å². The summed E-state index contributed by atoms with van der Waals surface area (Å²) in [5, 5.41) is 25.6. The molecule has 1 aliphatic rings. The summed E-state index contributed by atoms with van der Waals surface area (Å²) >= 11 is 0. The predicted molar refractivity (Wildman–Crippen MR) is 107 cm³/mol. The van der Waals surface area contributed by atoms with E-state index in [-0.39, 0.29) is 27.3 Å². The van der Waals surface area contributed by atoms with Crippen molar-refractivity contribution in [2.45, 2.75) is 42.7 Å². The monoisotopic (exact) mass is 416 g/mol. The van der Waals surface area contributed by atoms with Gasteiger partial charge >= 0.3 is 5.69 Å². The Morgan fingerprint density at radius 3 is 2.48 bits per heavy atom. The zero-order valence-corrected chi connectivity index (χ0v) is 16.3. The average Bonchev–Trinajstić information content (AvgIpc) is 3.14. The van der Waals surface area contributed by atoms with Gasteiger partial charge in [0.2, 0.25) is 0 Å². The minimum atomic E-state index is -3.93. The number of nitrogens with zero attached hydrogens (tertiary/aromatic N) is 3. The minimum Gasteiger partial charge on any atom is -0.371 e. The fraction of sp³-hybridized carbons (Fsp3) is 0.316. The molecule has 1 aliphatic carbocycles. The third-order valence-corrected chi connectivity index (χ3v) is 6.88. The van der Waals surface area contributed by atoms with Crippen molar-refractivity contribution in [3.8, 4) is 0 Å². The summed E-state index contributed by atoms with van der Waals surface area (Å²) in [7, 11) is -3.93. The molecular formula is C19H20N4O5S. The number of hydrogen-bond acceptors (Lipinski definition) is 7. The van der Waals surface area contributed by atoms with Gasteiger partial charge < -0.3 is 10.4 Å². The number of rotatable bonds is 5. The van der Waals surface area contributed by atoms with E-state index in [0.717, 1.165) is 29.4 Å². The molecule has 0 aliphatic heterocycles. The summed E-state index contributed by atoms with van der Waals surface area (Å²) in [5.41, 5.74) is -1.46. The second-order valence-corrected chi connectivity index (χ2v) is 8.97. The van der Waals surface area contributed by atoms with Crippen LogP contribution in [-0.2, 0) is 10.0 Å². The SMILES string of the molecule is O=[N+]([O-])c1cnc2c(ccn2S(=O)(=O)c2ccccc2)c1NC1(O)CCCCC1. The first kappa shape index (κ1) is 19.3. The topological polar surface area (TPSA) is 127 Å². The Morgan fingerprint density at radius 2 is 1.83 bits per heavy atom. The molecule has 10 heteroatoms. The summed E-state index contributed by atoms with van der Waals surface area (Å²) < 4.78 is 27.0. The van der Waals surface area contributed by atoms with Crippen LogP contribution in [0.1, 0.15) is 32.1 Å². The molecule has 3 aromatic rings. The maximum Gasteiger partial charge on any atom is 0.311 e. The highest BCUT2D eigenvalue weighted by atomic mass is 32.2. The second kappa shape index (κ2) is 7.12. The van der Waals surface area contributed by atoms with Gasteiger partial charge in [0.05, 0.1) is 15.2 Å². The van der Waals surface area contributed by atoms with Gasteiger partial charge in [-0.15, -0.1) is 0 Å². The molecule has 1 fully saturated rings. The molecule has 0 bridgehead atoms. The molecule has 0 radical (unpaired) electrons. The normalized spacial score (nSPS) is 16.6. The van der Waals surface area contributed by atoms with E-state index in [1.54, 1.807) is 18.2 Å². The Bertz CT molecular complexity index is 1170. The number of benzene rings is 1. The molecule has 0 spiro atoms. The Labute approximate surface area is 167 Å². The number of aliphatic hydroxyl groups is 1. The van der Waals surface area contributed by atoms with Crippen molar-refractivity contribution >= 4 is 32.4 Å². The van der Waals surface area contributed by atoms with Crippen molar-refractivity contribution in [3.05, 3.63) is 58.9 Å². The number of nitrogens with one attached hydrogen (secondary N) is 1. The quantitative estimate of drug-likeness (QED) is 0.371. The first-order valence-corrected chi connectivity index (χ1v) is 10.7. The lowest BCUT2D eigenvalue weighted by Gasteiger charge is -2.33. The van der Waals surface area contributed by atoms with Gasteiger partial charge in [-0.3, -0.25) is 10.1 Å². The Hall–Kier alpha value is -2.98. The zero-order valence-electron chi connectivity index (χ0n) is 15.5. The Morgan fingerprint density at radius 1 is 1.14 bits per heavy atom. The third kappa shape index (κ3) is 3.45. The van der Waals surface area contributed by atoms with Crippen LogP contribution < -0.4 is 5.32 Å². The standard InChI is InChI=1S/C19H20N4O5S/c24-19(10-5-2-6-11-19)21-17-15-9-12-22(18(15)20-13-16(17)23(25)26)29(27,28)14-7-3-1-4-8-14/h1,3-4,7-9,12-13,24H,2,5-6,10-11H2,(H,20,21). The van der Waals surface area contributed by atoms with E-state index < -0.39 is 20.7 Å². The van der Waals surface area contributed by atoms with E-state index in [2.05, 4.69) is 10.3 Å². The molecule has 9 nitrogen and oxygen atoms in total. The summed E-state index contributed by atoms with van der Waals surface area (Å²) in [6, 6.07) is 9.34. The Kier molecular flexibility index (Phi) is 4.75. The van der Waals surface area contributed by atoms with Crippen molar-refractivity contribution < 1.29 is 18.4 Å². The fourth-order valence-corrected chi connectivity index (χ4v) is 5.04. The van der Waals surface area contributed by atoms with E-state index in [1.807, 2.05) is 0 Å². The molecule has 0 atom stereocenters. The molecule has 0 unspecified atom stereocenters. The third-order valence-electron chi connectivity index (χ3n) is 5.20. The van der Waals surface area contributed by atoms with Gasteiger partial charge in [-0.25, -0.2) is 17.4 Å². The lowest BCUT2D eigenvalue weighted by Crippen LogP contribution is -2.40. The molecule has 2 aromatic heterocycles. The smallest absolute Gasteiger partial charge is 0.311 e. The molecule has 0 saturated heterocycles.